The number of fused-ring (bicyclic) bond motifs is 3. The lowest BCUT2D eigenvalue weighted by molar-refractivity contribution is -0.256. The van der Waals surface area contributed by atoms with Crippen molar-refractivity contribution in [3.63, 3.8) is 0 Å². The van der Waals surface area contributed by atoms with Gasteiger partial charge in [0, 0.05) is 37.7 Å². The molecule has 1 amide bonds. The molecule has 0 saturated heterocycles. The zero-order chi connectivity index (χ0) is 47.9. The lowest BCUT2D eigenvalue weighted by atomic mass is 9.55. The van der Waals surface area contributed by atoms with E-state index in [1.807, 2.05) is 87.5 Å². The number of nitrogens with zero attached hydrogens (tertiary/aromatic N) is 2. The minimum Gasteiger partial charge on any atom is -0.459 e. The molecule has 2 aliphatic carbocycles. The van der Waals surface area contributed by atoms with Gasteiger partial charge < -0.3 is 48.6 Å². The third-order valence-electron chi connectivity index (χ3n) is 12.9. The summed E-state index contributed by atoms with van der Waals surface area (Å²) >= 11 is 0. The summed E-state index contributed by atoms with van der Waals surface area (Å²) in [5.41, 5.74) is 2.88. The summed E-state index contributed by atoms with van der Waals surface area (Å²) in [6.45, 7) is 10.8. The first-order chi connectivity index (χ1) is 33.1. The van der Waals surface area contributed by atoms with Crippen LogP contribution in [0.25, 0.3) is 10.8 Å². The number of aliphatic hydroxyl groups is 3. The molecule has 3 N–H and O–H groups in total. The van der Waals surface area contributed by atoms with E-state index in [-0.39, 0.29) is 83.6 Å². The van der Waals surface area contributed by atoms with E-state index < -0.39 is 29.4 Å². The van der Waals surface area contributed by atoms with Crippen molar-refractivity contribution in [2.75, 3.05) is 59.4 Å². The van der Waals surface area contributed by atoms with Crippen LogP contribution in [0.3, 0.4) is 0 Å². The number of carbonyl (C=O) groups excluding carboxylic acids is 1. The van der Waals surface area contributed by atoms with Crippen LogP contribution in [0.5, 0.6) is 17.2 Å². The van der Waals surface area contributed by atoms with Crippen molar-refractivity contribution in [3.05, 3.63) is 126 Å². The fraction of sp³-hybridized carbons (Fsp3) is 0.491. The van der Waals surface area contributed by atoms with Crippen molar-refractivity contribution < 1.29 is 53.4 Å². The summed E-state index contributed by atoms with van der Waals surface area (Å²) in [4.78, 5) is 22.6. The first kappa shape index (κ1) is 50.6. The molecular formula is C55H70N2O11. The molecule has 6 unspecified atom stereocenters. The highest BCUT2D eigenvalue weighted by atomic mass is 16.7. The van der Waals surface area contributed by atoms with Crippen molar-refractivity contribution in [1.82, 2.24) is 4.90 Å². The molecule has 0 radical (unpaired) electrons. The lowest BCUT2D eigenvalue weighted by Gasteiger charge is -2.59. The van der Waals surface area contributed by atoms with Crippen molar-refractivity contribution in [2.45, 2.75) is 95.7 Å². The van der Waals surface area contributed by atoms with Gasteiger partial charge in [-0.25, -0.2) is 4.79 Å². The molecule has 7 rings (SSSR count). The molecule has 0 aromatic heterocycles. The van der Waals surface area contributed by atoms with Gasteiger partial charge in [-0.15, -0.1) is 6.58 Å². The van der Waals surface area contributed by atoms with E-state index in [9.17, 15) is 20.1 Å². The molecule has 1 heterocycles. The molecule has 0 spiro atoms. The van der Waals surface area contributed by atoms with Crippen LogP contribution < -0.4 is 9.47 Å². The summed E-state index contributed by atoms with van der Waals surface area (Å²) in [7, 11) is 0. The predicted octanol–water partition coefficient (Wildman–Crippen LogP) is 9.73. The molecule has 0 bridgehead atoms. The van der Waals surface area contributed by atoms with Crippen molar-refractivity contribution >= 4 is 22.6 Å². The molecule has 6 atom stereocenters. The zero-order valence-electron chi connectivity index (χ0n) is 39.9. The van der Waals surface area contributed by atoms with Gasteiger partial charge in [0.15, 0.2) is 0 Å². The zero-order valence-corrected chi connectivity index (χ0v) is 39.9. The summed E-state index contributed by atoms with van der Waals surface area (Å²) in [6.07, 6.45) is 8.04. The number of oxime groups is 1. The Labute approximate surface area is 401 Å². The molecular weight excluding hydrogens is 865 g/mol. The summed E-state index contributed by atoms with van der Waals surface area (Å²) in [6, 6.07) is 29.1. The van der Waals surface area contributed by atoms with Gasteiger partial charge in [-0.3, -0.25) is 4.90 Å². The maximum atomic E-state index is 14.7. The molecule has 1 fully saturated rings. The smallest absolute Gasteiger partial charge is 0.410 e. The van der Waals surface area contributed by atoms with Gasteiger partial charge in [0.1, 0.15) is 35.5 Å². The van der Waals surface area contributed by atoms with E-state index in [1.165, 1.54) is 0 Å². The highest BCUT2D eigenvalue weighted by Crippen LogP contribution is 2.62. The topological polar surface area (TPSA) is 158 Å². The van der Waals surface area contributed by atoms with Gasteiger partial charge in [0.2, 0.25) is 5.79 Å². The fourth-order valence-corrected chi connectivity index (χ4v) is 10.0. The van der Waals surface area contributed by atoms with Crippen molar-refractivity contribution in [3.8, 4) is 17.2 Å². The first-order valence-corrected chi connectivity index (χ1v) is 24.3. The highest BCUT2D eigenvalue weighted by molar-refractivity contribution is 6.03. The Kier molecular flexibility index (Phi) is 18.1. The molecule has 1 aliphatic heterocycles. The largest absolute Gasteiger partial charge is 0.459 e. The van der Waals surface area contributed by atoms with Gasteiger partial charge in [-0.2, -0.15) is 0 Å². The van der Waals surface area contributed by atoms with Gasteiger partial charge in [-0.1, -0.05) is 90.8 Å². The second kappa shape index (κ2) is 24.3. The van der Waals surface area contributed by atoms with E-state index in [4.69, 9.17) is 38.4 Å². The number of unbranched alkanes of at least 4 members (excludes halogenated alkanes) is 2. The van der Waals surface area contributed by atoms with Crippen LogP contribution in [-0.2, 0) is 30.4 Å². The van der Waals surface area contributed by atoms with Crippen LogP contribution in [0.2, 0.25) is 0 Å². The average Bonchev–Trinajstić information content (AvgIpc) is 3.34. The monoisotopic (exact) mass is 934 g/mol. The molecule has 68 heavy (non-hydrogen) atoms. The Morgan fingerprint density at radius 2 is 1.57 bits per heavy atom. The number of amides is 1. The maximum Gasteiger partial charge on any atom is 0.410 e. The normalized spacial score (nSPS) is 22.4. The van der Waals surface area contributed by atoms with Crippen molar-refractivity contribution in [1.29, 1.82) is 0 Å². The van der Waals surface area contributed by atoms with E-state index in [0.717, 1.165) is 53.2 Å². The highest BCUT2D eigenvalue weighted by Gasteiger charge is 2.65. The quantitative estimate of drug-likeness (QED) is 0.0330. The van der Waals surface area contributed by atoms with Crippen LogP contribution in [-0.4, -0.2) is 109 Å². The number of aliphatic hydroxyl groups excluding tert-OH is 3. The van der Waals surface area contributed by atoms with E-state index in [1.54, 1.807) is 11.0 Å². The minimum absolute atomic E-state index is 0.00961. The van der Waals surface area contributed by atoms with Gasteiger partial charge in [-0.05, 0) is 111 Å². The number of rotatable bonds is 25. The standard InChI is InChI=1S/C55H70N2O11/c1-5-29-65-55-50(57(25-30-62-31-28-60)53(61)64-33-32-63-38-39-15-7-6-8-16-39)37-48(56-68-54(2,3)4)46-35-42(19-11-13-26-58)45(20-12-14-27-59)51(52(46)55)47-36-44(23-24-49(47)67-55)66-43-22-21-40-17-9-10-18-41(40)34-43/h5-10,15-18,21-24,34-36,42,45,50-52,58-60H,1,11-14,19-20,25-33,37-38H2,2-4H3. The molecule has 4 aromatic carbocycles. The maximum absolute atomic E-state index is 14.7. The predicted molar refractivity (Wildman–Crippen MR) is 262 cm³/mol. The van der Waals surface area contributed by atoms with Crippen LogP contribution >= 0.6 is 0 Å². The number of carbonyl (C=O) groups is 1. The summed E-state index contributed by atoms with van der Waals surface area (Å²) in [5, 5.41) is 36.8. The Balaban J connectivity index is 1.36. The van der Waals surface area contributed by atoms with E-state index >= 15 is 0 Å². The Hall–Kier alpha value is -5.28. The average molecular weight is 935 g/mol. The second-order valence-electron chi connectivity index (χ2n) is 18.8. The van der Waals surface area contributed by atoms with Crippen LogP contribution in [0.15, 0.2) is 120 Å². The molecule has 1 saturated carbocycles. The second-order valence-corrected chi connectivity index (χ2v) is 18.8. The summed E-state index contributed by atoms with van der Waals surface area (Å²) < 4.78 is 38.9. The van der Waals surface area contributed by atoms with Crippen LogP contribution in [0.1, 0.15) is 82.8 Å². The molecule has 366 valence electrons. The Morgan fingerprint density at radius 3 is 2.32 bits per heavy atom. The van der Waals surface area contributed by atoms with E-state index in [2.05, 4.69) is 36.9 Å². The third kappa shape index (κ3) is 12.5. The van der Waals surface area contributed by atoms with Crippen LogP contribution in [0, 0.1) is 17.8 Å². The van der Waals surface area contributed by atoms with Crippen LogP contribution in [0.4, 0.5) is 4.79 Å². The number of hydrogen-bond acceptors (Lipinski definition) is 12. The molecule has 3 aliphatic rings. The van der Waals surface area contributed by atoms with Gasteiger partial charge >= 0.3 is 6.09 Å². The van der Waals surface area contributed by atoms with E-state index in [0.29, 0.717) is 42.4 Å². The number of benzene rings is 4. The molecule has 13 heteroatoms. The Morgan fingerprint density at radius 1 is 0.838 bits per heavy atom. The first-order valence-electron chi connectivity index (χ1n) is 24.3. The number of ether oxygens (including phenoxy) is 6. The fourth-order valence-electron chi connectivity index (χ4n) is 10.0. The number of hydrogen-bond donors (Lipinski definition) is 3. The molecule has 4 aromatic rings. The van der Waals surface area contributed by atoms with Gasteiger partial charge in [0.25, 0.3) is 0 Å². The third-order valence-corrected chi connectivity index (χ3v) is 12.9. The van der Waals surface area contributed by atoms with Gasteiger partial charge in [0.05, 0.1) is 51.3 Å². The van der Waals surface area contributed by atoms with Crippen molar-refractivity contribution in [2.24, 2.45) is 22.9 Å². The lowest BCUT2D eigenvalue weighted by Crippen LogP contribution is -2.70. The summed E-state index contributed by atoms with van der Waals surface area (Å²) in [5.74, 6) is -0.320. The number of allylic oxidation sites excluding steroid dienone is 1. The Bertz CT molecular complexity index is 2310. The minimum atomic E-state index is -1.51. The molecule has 13 nitrogen and oxygen atoms in total. The SMILES string of the molecule is C=CCOC12Oc3ccc(Oc4ccc5ccccc5c4)cc3C3C(CCCCO)C(CCCCO)C=C(C(=NOC(C)(C)C)CC1N(CCOCCO)C(=O)OCCOCc1ccccc1)C32.